The van der Waals surface area contributed by atoms with Gasteiger partial charge in [0, 0.05) is 18.8 Å². The molecule has 1 aliphatic rings. The maximum Gasteiger partial charge on any atom is 0.0931 e. The van der Waals surface area contributed by atoms with Crippen molar-refractivity contribution in [2.45, 2.75) is 6.42 Å². The number of hydrogen-bond donors (Lipinski definition) is 2. The summed E-state index contributed by atoms with van der Waals surface area (Å²) in [6.07, 6.45) is 2.94. The Morgan fingerprint density at radius 1 is 1.50 bits per heavy atom. The van der Waals surface area contributed by atoms with E-state index in [1.165, 1.54) is 12.1 Å². The minimum atomic E-state index is 0.650. The molecule has 0 spiro atoms. The predicted octanol–water partition coefficient (Wildman–Crippen LogP) is 1.35. The van der Waals surface area contributed by atoms with Gasteiger partial charge in [0.05, 0.1) is 17.4 Å². The van der Waals surface area contributed by atoms with E-state index >= 15 is 0 Å². The molecule has 1 aromatic carbocycles. The standard InChI is InChI=1S/C12H16N4/c13-6-9-3-4-16(7-9)10-1-2-11-12(5-10)15-8-14-11/h1-2,5,8-9H,3-4,6-7,13H2,(H,14,15). The van der Waals surface area contributed by atoms with Gasteiger partial charge in [-0.3, -0.25) is 0 Å². The van der Waals surface area contributed by atoms with Crippen LogP contribution in [0.4, 0.5) is 5.69 Å². The highest BCUT2D eigenvalue weighted by Crippen LogP contribution is 2.25. The lowest BCUT2D eigenvalue weighted by atomic mass is 10.1. The maximum absolute atomic E-state index is 5.71. The van der Waals surface area contributed by atoms with Gasteiger partial charge in [-0.15, -0.1) is 0 Å². The van der Waals surface area contributed by atoms with Crippen molar-refractivity contribution in [3.05, 3.63) is 24.5 Å². The number of aromatic amines is 1. The third kappa shape index (κ3) is 1.55. The highest BCUT2D eigenvalue weighted by atomic mass is 15.2. The lowest BCUT2D eigenvalue weighted by Crippen LogP contribution is -2.22. The summed E-state index contributed by atoms with van der Waals surface area (Å²) in [6.45, 7) is 2.99. The monoisotopic (exact) mass is 216 g/mol. The molecule has 16 heavy (non-hydrogen) atoms. The summed E-state index contributed by atoms with van der Waals surface area (Å²) in [5.74, 6) is 0.650. The molecule has 84 valence electrons. The van der Waals surface area contributed by atoms with Gasteiger partial charge in [-0.25, -0.2) is 4.98 Å². The molecule has 2 aromatic rings. The first kappa shape index (κ1) is 9.66. The summed E-state index contributed by atoms with van der Waals surface area (Å²) >= 11 is 0. The SMILES string of the molecule is NCC1CCN(c2ccc3nc[nH]c3c2)C1. The number of rotatable bonds is 2. The summed E-state index contributed by atoms with van der Waals surface area (Å²) in [7, 11) is 0. The molecule has 2 heterocycles. The van der Waals surface area contributed by atoms with E-state index in [1.54, 1.807) is 6.33 Å². The Balaban J connectivity index is 1.88. The fourth-order valence-electron chi connectivity index (χ4n) is 2.38. The van der Waals surface area contributed by atoms with Crippen LogP contribution in [-0.2, 0) is 0 Å². The van der Waals surface area contributed by atoms with Gasteiger partial charge >= 0.3 is 0 Å². The zero-order valence-electron chi connectivity index (χ0n) is 9.19. The van der Waals surface area contributed by atoms with Crippen molar-refractivity contribution < 1.29 is 0 Å². The number of benzene rings is 1. The molecule has 1 atom stereocenters. The molecule has 1 saturated heterocycles. The Morgan fingerprint density at radius 3 is 3.25 bits per heavy atom. The van der Waals surface area contributed by atoms with Crippen molar-refractivity contribution in [2.75, 3.05) is 24.5 Å². The van der Waals surface area contributed by atoms with Gasteiger partial charge in [-0.05, 0) is 37.1 Å². The first-order valence-electron chi connectivity index (χ1n) is 5.75. The topological polar surface area (TPSA) is 57.9 Å². The fraction of sp³-hybridized carbons (Fsp3) is 0.417. The second-order valence-electron chi connectivity index (χ2n) is 4.44. The summed E-state index contributed by atoms with van der Waals surface area (Å²) in [5.41, 5.74) is 9.11. The van der Waals surface area contributed by atoms with E-state index < -0.39 is 0 Å². The number of aromatic nitrogens is 2. The molecule has 1 aliphatic heterocycles. The van der Waals surface area contributed by atoms with Crippen LogP contribution in [0.1, 0.15) is 6.42 Å². The summed E-state index contributed by atoms with van der Waals surface area (Å²) in [4.78, 5) is 9.77. The highest BCUT2D eigenvalue weighted by Gasteiger charge is 2.21. The normalized spacial score (nSPS) is 20.8. The number of hydrogen-bond acceptors (Lipinski definition) is 3. The van der Waals surface area contributed by atoms with Crippen LogP contribution in [0.25, 0.3) is 11.0 Å². The summed E-state index contributed by atoms with van der Waals surface area (Å²) < 4.78 is 0. The Morgan fingerprint density at radius 2 is 2.44 bits per heavy atom. The molecule has 1 fully saturated rings. The van der Waals surface area contributed by atoms with Gasteiger partial charge in [0.1, 0.15) is 0 Å². The number of anilines is 1. The molecule has 0 saturated carbocycles. The predicted molar refractivity (Wildman–Crippen MR) is 65.5 cm³/mol. The van der Waals surface area contributed by atoms with E-state index in [0.29, 0.717) is 5.92 Å². The van der Waals surface area contributed by atoms with Gasteiger partial charge in [0.15, 0.2) is 0 Å². The van der Waals surface area contributed by atoms with Crippen LogP contribution in [0.5, 0.6) is 0 Å². The molecule has 4 nitrogen and oxygen atoms in total. The number of fused-ring (bicyclic) bond motifs is 1. The zero-order valence-corrected chi connectivity index (χ0v) is 9.19. The van der Waals surface area contributed by atoms with E-state index in [9.17, 15) is 0 Å². The van der Waals surface area contributed by atoms with E-state index in [-0.39, 0.29) is 0 Å². The number of nitrogens with zero attached hydrogens (tertiary/aromatic N) is 2. The van der Waals surface area contributed by atoms with Gasteiger partial charge in [-0.2, -0.15) is 0 Å². The summed E-state index contributed by atoms with van der Waals surface area (Å²) in [5, 5.41) is 0. The molecule has 0 bridgehead atoms. The lowest BCUT2D eigenvalue weighted by molar-refractivity contribution is 0.603. The molecule has 4 heteroatoms. The smallest absolute Gasteiger partial charge is 0.0931 e. The Kier molecular flexibility index (Phi) is 2.29. The number of imidazole rings is 1. The first-order chi connectivity index (χ1) is 7.86. The molecular formula is C12H16N4. The Hall–Kier alpha value is -1.55. The van der Waals surface area contributed by atoms with Gasteiger partial charge in [0.25, 0.3) is 0 Å². The second-order valence-corrected chi connectivity index (χ2v) is 4.44. The van der Waals surface area contributed by atoms with Crippen LogP contribution in [0, 0.1) is 5.92 Å². The molecule has 1 aromatic heterocycles. The van der Waals surface area contributed by atoms with Crippen LogP contribution in [0.3, 0.4) is 0 Å². The fourth-order valence-corrected chi connectivity index (χ4v) is 2.38. The maximum atomic E-state index is 5.71. The van der Waals surface area contributed by atoms with Crippen molar-refractivity contribution in [3.63, 3.8) is 0 Å². The van der Waals surface area contributed by atoms with Crippen molar-refractivity contribution in [1.29, 1.82) is 0 Å². The highest BCUT2D eigenvalue weighted by molar-refractivity contribution is 5.79. The molecule has 0 radical (unpaired) electrons. The molecule has 3 rings (SSSR count). The van der Waals surface area contributed by atoms with Crippen molar-refractivity contribution >= 4 is 16.7 Å². The van der Waals surface area contributed by atoms with Crippen molar-refractivity contribution in [2.24, 2.45) is 11.7 Å². The molecular weight excluding hydrogens is 200 g/mol. The quantitative estimate of drug-likeness (QED) is 0.796. The van der Waals surface area contributed by atoms with E-state index in [4.69, 9.17) is 5.73 Å². The minimum Gasteiger partial charge on any atom is -0.371 e. The van der Waals surface area contributed by atoms with Crippen LogP contribution < -0.4 is 10.6 Å². The van der Waals surface area contributed by atoms with Gasteiger partial charge in [0.2, 0.25) is 0 Å². The van der Waals surface area contributed by atoms with Crippen molar-refractivity contribution in [1.82, 2.24) is 9.97 Å². The molecule has 0 aliphatic carbocycles. The average molecular weight is 216 g/mol. The first-order valence-corrected chi connectivity index (χ1v) is 5.75. The van der Waals surface area contributed by atoms with Crippen LogP contribution in [0.15, 0.2) is 24.5 Å². The average Bonchev–Trinajstić information content (AvgIpc) is 2.96. The molecule has 1 unspecified atom stereocenters. The minimum absolute atomic E-state index is 0.650. The molecule has 0 amide bonds. The van der Waals surface area contributed by atoms with Crippen LogP contribution in [-0.4, -0.2) is 29.6 Å². The number of nitrogens with one attached hydrogen (secondary N) is 1. The third-order valence-electron chi connectivity index (χ3n) is 3.39. The summed E-state index contributed by atoms with van der Waals surface area (Å²) in [6, 6.07) is 6.38. The van der Waals surface area contributed by atoms with Crippen LogP contribution in [0.2, 0.25) is 0 Å². The third-order valence-corrected chi connectivity index (χ3v) is 3.39. The zero-order chi connectivity index (χ0) is 11.0. The van der Waals surface area contributed by atoms with E-state index in [0.717, 1.165) is 30.7 Å². The molecule has 3 N–H and O–H groups in total. The van der Waals surface area contributed by atoms with Crippen molar-refractivity contribution in [3.8, 4) is 0 Å². The number of nitrogens with two attached hydrogens (primary N) is 1. The number of H-pyrrole nitrogens is 1. The van der Waals surface area contributed by atoms with E-state index in [2.05, 4.69) is 33.1 Å². The Bertz CT molecular complexity index is 490. The second kappa shape index (κ2) is 3.79. The van der Waals surface area contributed by atoms with Gasteiger partial charge in [-0.1, -0.05) is 0 Å². The largest absolute Gasteiger partial charge is 0.371 e. The lowest BCUT2D eigenvalue weighted by Gasteiger charge is -2.18. The van der Waals surface area contributed by atoms with Gasteiger partial charge < -0.3 is 15.6 Å². The Labute approximate surface area is 94.5 Å². The van der Waals surface area contributed by atoms with E-state index in [1.807, 2.05) is 0 Å². The van der Waals surface area contributed by atoms with Crippen LogP contribution >= 0.6 is 0 Å².